The van der Waals surface area contributed by atoms with Crippen molar-refractivity contribution in [2.75, 3.05) is 7.11 Å². The highest BCUT2D eigenvalue weighted by atomic mass is 16.6. The van der Waals surface area contributed by atoms with Crippen molar-refractivity contribution in [3.8, 4) is 5.75 Å². The number of hydrogen-bond acceptors (Lipinski definition) is 4. The molecule has 1 aliphatic carbocycles. The number of hydrogen-bond donors (Lipinski definition) is 1. The average molecular weight is 236 g/mol. The number of nitro groups is 1. The van der Waals surface area contributed by atoms with Gasteiger partial charge in [0.1, 0.15) is 0 Å². The molecule has 0 radical (unpaired) electrons. The van der Waals surface area contributed by atoms with Gasteiger partial charge in [-0.2, -0.15) is 0 Å². The molecule has 1 saturated carbocycles. The molecule has 0 aromatic heterocycles. The Hall–Kier alpha value is -1.62. The second-order valence-electron chi connectivity index (χ2n) is 4.41. The van der Waals surface area contributed by atoms with Crippen molar-refractivity contribution < 1.29 is 9.66 Å². The molecular weight excluding hydrogens is 220 g/mol. The molecule has 5 nitrogen and oxygen atoms in total. The number of benzene rings is 1. The van der Waals surface area contributed by atoms with E-state index in [9.17, 15) is 10.1 Å². The number of nitro benzene ring substituents is 1. The van der Waals surface area contributed by atoms with Crippen LogP contribution in [0.15, 0.2) is 18.2 Å². The maximum Gasteiger partial charge on any atom is 0.311 e. The molecule has 0 spiro atoms. The van der Waals surface area contributed by atoms with Crippen LogP contribution >= 0.6 is 0 Å². The van der Waals surface area contributed by atoms with Gasteiger partial charge in [-0.25, -0.2) is 0 Å². The highest BCUT2D eigenvalue weighted by Crippen LogP contribution is 2.38. The molecule has 0 unspecified atom stereocenters. The molecule has 1 atom stereocenters. The molecular formula is C12H16N2O3. The van der Waals surface area contributed by atoms with E-state index in [1.807, 2.05) is 6.07 Å². The lowest BCUT2D eigenvalue weighted by Gasteiger charge is -2.31. The van der Waals surface area contributed by atoms with E-state index in [1.165, 1.54) is 19.6 Å². The summed E-state index contributed by atoms with van der Waals surface area (Å²) in [4.78, 5) is 10.5. The standard InChI is InChI=1S/C12H16N2O3/c1-17-11-6-5-9(7-10(11)14(15)16)12(13)8-3-2-4-8/h5-8,12H,2-4,13H2,1H3/t12-/m1/s1. The highest BCUT2D eigenvalue weighted by Gasteiger charge is 2.27. The second-order valence-corrected chi connectivity index (χ2v) is 4.41. The van der Waals surface area contributed by atoms with Crippen molar-refractivity contribution in [3.63, 3.8) is 0 Å². The topological polar surface area (TPSA) is 78.4 Å². The summed E-state index contributed by atoms with van der Waals surface area (Å²) in [5.41, 5.74) is 6.90. The van der Waals surface area contributed by atoms with E-state index in [0.717, 1.165) is 18.4 Å². The normalized spacial score (nSPS) is 17.3. The fourth-order valence-corrected chi connectivity index (χ4v) is 2.13. The van der Waals surface area contributed by atoms with Crippen molar-refractivity contribution in [1.29, 1.82) is 0 Å². The molecule has 1 fully saturated rings. The van der Waals surface area contributed by atoms with E-state index in [-0.39, 0.29) is 17.5 Å². The third kappa shape index (κ3) is 2.24. The monoisotopic (exact) mass is 236 g/mol. The van der Waals surface area contributed by atoms with Crippen LogP contribution in [-0.2, 0) is 0 Å². The largest absolute Gasteiger partial charge is 0.490 e. The Kier molecular flexibility index (Phi) is 3.28. The first kappa shape index (κ1) is 11.9. The van der Waals surface area contributed by atoms with E-state index in [4.69, 9.17) is 10.5 Å². The van der Waals surface area contributed by atoms with Crippen molar-refractivity contribution in [2.24, 2.45) is 11.7 Å². The van der Waals surface area contributed by atoms with E-state index < -0.39 is 4.92 Å². The van der Waals surface area contributed by atoms with Crippen molar-refractivity contribution in [3.05, 3.63) is 33.9 Å². The van der Waals surface area contributed by atoms with E-state index in [2.05, 4.69) is 0 Å². The van der Waals surface area contributed by atoms with Gasteiger partial charge in [0.05, 0.1) is 12.0 Å². The maximum absolute atomic E-state index is 10.9. The van der Waals surface area contributed by atoms with Crippen LogP contribution in [0.4, 0.5) is 5.69 Å². The molecule has 0 saturated heterocycles. The second kappa shape index (κ2) is 4.71. The Morgan fingerprint density at radius 2 is 2.24 bits per heavy atom. The Bertz CT molecular complexity index is 430. The fourth-order valence-electron chi connectivity index (χ4n) is 2.13. The molecule has 1 aromatic rings. The Morgan fingerprint density at radius 3 is 2.71 bits per heavy atom. The van der Waals surface area contributed by atoms with Crippen molar-refractivity contribution >= 4 is 5.69 Å². The van der Waals surface area contributed by atoms with Crippen molar-refractivity contribution in [1.82, 2.24) is 0 Å². The molecule has 0 aliphatic heterocycles. The molecule has 1 aromatic carbocycles. The number of methoxy groups -OCH3 is 1. The molecule has 1 aliphatic rings. The maximum atomic E-state index is 10.9. The molecule has 2 N–H and O–H groups in total. The van der Waals surface area contributed by atoms with Crippen LogP contribution in [0.3, 0.4) is 0 Å². The van der Waals surface area contributed by atoms with E-state index in [0.29, 0.717) is 5.92 Å². The van der Waals surface area contributed by atoms with Gasteiger partial charge in [0.2, 0.25) is 0 Å². The number of ether oxygens (including phenoxy) is 1. The minimum atomic E-state index is -0.435. The van der Waals surface area contributed by atoms with Crippen LogP contribution in [0.25, 0.3) is 0 Å². The Balaban J connectivity index is 2.29. The summed E-state index contributed by atoms with van der Waals surface area (Å²) in [6.07, 6.45) is 3.43. The molecule has 17 heavy (non-hydrogen) atoms. The highest BCUT2D eigenvalue weighted by molar-refractivity contribution is 5.49. The zero-order chi connectivity index (χ0) is 12.4. The van der Waals surface area contributed by atoms with Gasteiger partial charge in [0, 0.05) is 12.1 Å². The van der Waals surface area contributed by atoms with Crippen LogP contribution in [0, 0.1) is 16.0 Å². The molecule has 0 amide bonds. The van der Waals surface area contributed by atoms with Gasteiger partial charge < -0.3 is 10.5 Å². The van der Waals surface area contributed by atoms with E-state index >= 15 is 0 Å². The van der Waals surface area contributed by atoms with Crippen LogP contribution in [0.1, 0.15) is 30.9 Å². The summed E-state index contributed by atoms with van der Waals surface area (Å²) in [5, 5.41) is 10.9. The summed E-state index contributed by atoms with van der Waals surface area (Å²) in [6.45, 7) is 0. The Labute approximate surface area is 99.7 Å². The summed E-state index contributed by atoms with van der Waals surface area (Å²) in [6, 6.07) is 4.86. The van der Waals surface area contributed by atoms with Crippen LogP contribution < -0.4 is 10.5 Å². The first-order valence-electron chi connectivity index (χ1n) is 5.71. The lowest BCUT2D eigenvalue weighted by molar-refractivity contribution is -0.385. The third-order valence-electron chi connectivity index (χ3n) is 3.44. The minimum Gasteiger partial charge on any atom is -0.490 e. The van der Waals surface area contributed by atoms with Gasteiger partial charge in [0.25, 0.3) is 0 Å². The number of nitrogens with zero attached hydrogens (tertiary/aromatic N) is 1. The number of rotatable bonds is 4. The first-order valence-corrected chi connectivity index (χ1v) is 5.71. The molecule has 0 bridgehead atoms. The fraction of sp³-hybridized carbons (Fsp3) is 0.500. The smallest absolute Gasteiger partial charge is 0.311 e. The molecule has 0 heterocycles. The summed E-state index contributed by atoms with van der Waals surface area (Å²) in [5.74, 6) is 0.738. The van der Waals surface area contributed by atoms with Gasteiger partial charge in [-0.05, 0) is 30.4 Å². The SMILES string of the molecule is COc1ccc([C@H](N)C2CCC2)cc1[N+](=O)[O-]. The van der Waals surface area contributed by atoms with Gasteiger partial charge in [-0.3, -0.25) is 10.1 Å². The Morgan fingerprint density at radius 1 is 1.53 bits per heavy atom. The molecule has 5 heteroatoms. The lowest BCUT2D eigenvalue weighted by Crippen LogP contribution is -2.26. The predicted octanol–water partition coefficient (Wildman–Crippen LogP) is 2.40. The zero-order valence-electron chi connectivity index (χ0n) is 9.76. The van der Waals surface area contributed by atoms with Gasteiger partial charge in [-0.15, -0.1) is 0 Å². The quantitative estimate of drug-likeness (QED) is 0.643. The lowest BCUT2D eigenvalue weighted by atomic mass is 9.77. The summed E-state index contributed by atoms with van der Waals surface area (Å²) >= 11 is 0. The summed E-state index contributed by atoms with van der Waals surface area (Å²) in [7, 11) is 1.42. The summed E-state index contributed by atoms with van der Waals surface area (Å²) < 4.78 is 4.96. The van der Waals surface area contributed by atoms with Crippen molar-refractivity contribution in [2.45, 2.75) is 25.3 Å². The van der Waals surface area contributed by atoms with Crippen LogP contribution in [0.5, 0.6) is 5.75 Å². The van der Waals surface area contributed by atoms with E-state index in [1.54, 1.807) is 6.07 Å². The number of nitrogens with two attached hydrogens (primary N) is 1. The van der Waals surface area contributed by atoms with Gasteiger partial charge in [0.15, 0.2) is 5.75 Å². The zero-order valence-corrected chi connectivity index (χ0v) is 9.76. The van der Waals surface area contributed by atoms with Gasteiger partial charge >= 0.3 is 5.69 Å². The minimum absolute atomic E-state index is 0.0141. The first-order chi connectivity index (χ1) is 8.13. The third-order valence-corrected chi connectivity index (χ3v) is 3.44. The predicted molar refractivity (Wildman–Crippen MR) is 63.9 cm³/mol. The van der Waals surface area contributed by atoms with Crippen LogP contribution in [-0.4, -0.2) is 12.0 Å². The van der Waals surface area contributed by atoms with Crippen LogP contribution in [0.2, 0.25) is 0 Å². The molecule has 2 rings (SSSR count). The molecule has 92 valence electrons. The average Bonchev–Trinajstić information content (AvgIpc) is 2.25. The van der Waals surface area contributed by atoms with Gasteiger partial charge in [-0.1, -0.05) is 12.5 Å².